The number of halogens is 2. The number of benzene rings is 2. The van der Waals surface area contributed by atoms with E-state index in [-0.39, 0.29) is 36.0 Å². The lowest BCUT2D eigenvalue weighted by atomic mass is 10.2. The van der Waals surface area contributed by atoms with E-state index in [2.05, 4.69) is 4.98 Å². The molecule has 0 aliphatic carbocycles. The highest BCUT2D eigenvalue weighted by Gasteiger charge is 2.29. The van der Waals surface area contributed by atoms with Gasteiger partial charge in [-0.05, 0) is 48.5 Å². The molecule has 0 saturated carbocycles. The Labute approximate surface area is 196 Å². The molecule has 0 atom stereocenters. The Balaban J connectivity index is 1.41. The van der Waals surface area contributed by atoms with Crippen LogP contribution in [0.1, 0.15) is 15.9 Å². The maximum atomic E-state index is 13.2. The van der Waals surface area contributed by atoms with Crippen molar-refractivity contribution in [1.29, 1.82) is 0 Å². The Morgan fingerprint density at radius 2 is 1.76 bits per heavy atom. The molecule has 172 valence electrons. The number of carbonyl (C=O) groups is 1. The van der Waals surface area contributed by atoms with Crippen molar-refractivity contribution in [2.45, 2.75) is 11.5 Å². The number of anilines is 1. The summed E-state index contributed by atoms with van der Waals surface area (Å²) in [6.07, 6.45) is 1.50. The van der Waals surface area contributed by atoms with Gasteiger partial charge in [-0.1, -0.05) is 23.7 Å². The second-order valence-corrected chi connectivity index (χ2v) is 9.79. The van der Waals surface area contributed by atoms with E-state index in [0.29, 0.717) is 23.8 Å². The molecule has 0 bridgehead atoms. The van der Waals surface area contributed by atoms with Gasteiger partial charge in [0.15, 0.2) is 0 Å². The Morgan fingerprint density at radius 1 is 1.03 bits per heavy atom. The van der Waals surface area contributed by atoms with Crippen molar-refractivity contribution in [2.24, 2.45) is 0 Å². The highest BCUT2D eigenvalue weighted by atomic mass is 35.5. The Morgan fingerprint density at radius 3 is 2.42 bits per heavy atom. The van der Waals surface area contributed by atoms with Crippen molar-refractivity contribution < 1.29 is 22.3 Å². The quantitative estimate of drug-likeness (QED) is 0.387. The normalized spacial score (nSPS) is 14.8. The number of carbonyl (C=O) groups excluding carboxylic acids is 1. The van der Waals surface area contributed by atoms with Gasteiger partial charge in [0, 0.05) is 43.6 Å². The maximum Gasteiger partial charge on any atom is 0.338 e. The van der Waals surface area contributed by atoms with Gasteiger partial charge < -0.3 is 9.64 Å². The first-order valence-electron chi connectivity index (χ1n) is 10.2. The van der Waals surface area contributed by atoms with Crippen molar-refractivity contribution in [3.05, 3.63) is 89.0 Å². The lowest BCUT2D eigenvalue weighted by Crippen LogP contribution is -2.48. The number of esters is 1. The fraction of sp³-hybridized carbons (Fsp3) is 0.217. The third-order valence-electron chi connectivity index (χ3n) is 5.30. The molecule has 1 aromatic heterocycles. The van der Waals surface area contributed by atoms with Crippen LogP contribution < -0.4 is 4.90 Å². The molecule has 0 amide bonds. The number of pyridine rings is 1. The van der Waals surface area contributed by atoms with Crippen LogP contribution in [0.4, 0.5) is 10.1 Å². The zero-order chi connectivity index (χ0) is 23.4. The number of nitrogens with zero attached hydrogens (tertiary/aromatic N) is 3. The first-order chi connectivity index (χ1) is 15.8. The summed E-state index contributed by atoms with van der Waals surface area (Å²) >= 11 is 5.74. The third kappa shape index (κ3) is 5.50. The van der Waals surface area contributed by atoms with Crippen LogP contribution in [0.15, 0.2) is 71.8 Å². The molecule has 3 aromatic rings. The molecule has 2 aromatic carbocycles. The van der Waals surface area contributed by atoms with Gasteiger partial charge in [0.1, 0.15) is 17.6 Å². The molecule has 1 fully saturated rings. The number of piperazine rings is 1. The molecule has 7 nitrogen and oxygen atoms in total. The van der Waals surface area contributed by atoms with Crippen LogP contribution >= 0.6 is 11.6 Å². The second kappa shape index (κ2) is 9.86. The standard InChI is InChI=1S/C23H21ClFN3O4S/c24-22-9-4-17(15-26-22)16-32-23(29)18-2-1-3-21(14-18)33(30,31)28-12-10-27(11-13-28)20-7-5-19(25)6-8-20/h1-9,14-15H,10-13,16H2. The third-order valence-corrected chi connectivity index (χ3v) is 7.41. The number of ether oxygens (including phenoxy) is 1. The van der Waals surface area contributed by atoms with Crippen LogP contribution in [0.25, 0.3) is 0 Å². The van der Waals surface area contributed by atoms with E-state index < -0.39 is 16.0 Å². The minimum atomic E-state index is -3.79. The number of sulfonamides is 1. The van der Waals surface area contributed by atoms with Gasteiger partial charge in [-0.2, -0.15) is 4.31 Å². The molecule has 4 rings (SSSR count). The van der Waals surface area contributed by atoms with E-state index in [4.69, 9.17) is 16.3 Å². The summed E-state index contributed by atoms with van der Waals surface area (Å²) in [6, 6.07) is 15.2. The summed E-state index contributed by atoms with van der Waals surface area (Å²) in [5, 5.41) is 0.335. The second-order valence-electron chi connectivity index (χ2n) is 7.46. The van der Waals surface area contributed by atoms with Crippen LogP contribution in [-0.2, 0) is 21.4 Å². The fourth-order valence-electron chi connectivity index (χ4n) is 3.50. The number of hydrogen-bond donors (Lipinski definition) is 0. The van der Waals surface area contributed by atoms with Crippen molar-refractivity contribution in [3.63, 3.8) is 0 Å². The van der Waals surface area contributed by atoms with Crippen LogP contribution in [0.5, 0.6) is 0 Å². The van der Waals surface area contributed by atoms with Gasteiger partial charge in [0.25, 0.3) is 0 Å². The zero-order valence-electron chi connectivity index (χ0n) is 17.5. The van der Waals surface area contributed by atoms with Crippen LogP contribution in [0.2, 0.25) is 5.15 Å². The zero-order valence-corrected chi connectivity index (χ0v) is 19.1. The monoisotopic (exact) mass is 489 g/mol. The molecule has 0 N–H and O–H groups in total. The first kappa shape index (κ1) is 23.2. The summed E-state index contributed by atoms with van der Waals surface area (Å²) < 4.78 is 46.1. The fourth-order valence-corrected chi connectivity index (χ4v) is 5.08. The number of aromatic nitrogens is 1. The highest BCUT2D eigenvalue weighted by Crippen LogP contribution is 2.22. The Hall–Kier alpha value is -3.01. The molecule has 0 radical (unpaired) electrons. The summed E-state index contributed by atoms with van der Waals surface area (Å²) in [7, 11) is -3.79. The molecule has 0 spiro atoms. The van der Waals surface area contributed by atoms with Crippen molar-refractivity contribution >= 4 is 33.3 Å². The lowest BCUT2D eigenvalue weighted by Gasteiger charge is -2.35. The first-order valence-corrected chi connectivity index (χ1v) is 12.0. The van der Waals surface area contributed by atoms with Crippen LogP contribution in [0.3, 0.4) is 0 Å². The van der Waals surface area contributed by atoms with Gasteiger partial charge in [-0.3, -0.25) is 0 Å². The molecular weight excluding hydrogens is 469 g/mol. The van der Waals surface area contributed by atoms with Gasteiger partial charge in [-0.25, -0.2) is 22.6 Å². The van der Waals surface area contributed by atoms with Crippen LogP contribution in [0, 0.1) is 5.82 Å². The lowest BCUT2D eigenvalue weighted by molar-refractivity contribution is 0.0472. The highest BCUT2D eigenvalue weighted by molar-refractivity contribution is 7.89. The largest absolute Gasteiger partial charge is 0.457 e. The van der Waals surface area contributed by atoms with E-state index in [9.17, 15) is 17.6 Å². The predicted molar refractivity (Wildman–Crippen MR) is 122 cm³/mol. The summed E-state index contributed by atoms with van der Waals surface area (Å²) in [5.74, 6) is -0.952. The smallest absolute Gasteiger partial charge is 0.338 e. The van der Waals surface area contributed by atoms with E-state index in [0.717, 1.165) is 5.69 Å². The maximum absolute atomic E-state index is 13.2. The average molecular weight is 490 g/mol. The molecule has 2 heterocycles. The predicted octanol–water partition coefficient (Wildman–Crippen LogP) is 3.74. The molecule has 10 heteroatoms. The van der Waals surface area contributed by atoms with E-state index in [1.807, 2.05) is 4.90 Å². The van der Waals surface area contributed by atoms with Gasteiger partial charge >= 0.3 is 5.97 Å². The van der Waals surface area contributed by atoms with Gasteiger partial charge in [-0.15, -0.1) is 0 Å². The molecule has 1 saturated heterocycles. The van der Waals surface area contributed by atoms with Crippen molar-refractivity contribution in [3.8, 4) is 0 Å². The number of rotatable bonds is 6. The van der Waals surface area contributed by atoms with Gasteiger partial charge in [0.05, 0.1) is 10.5 Å². The average Bonchev–Trinajstić information content (AvgIpc) is 2.84. The SMILES string of the molecule is O=C(OCc1ccc(Cl)nc1)c1cccc(S(=O)(=O)N2CCN(c3ccc(F)cc3)CC2)c1. The molecule has 0 unspecified atom stereocenters. The molecular formula is C23H21ClFN3O4S. The Kier molecular flexibility index (Phi) is 6.92. The van der Waals surface area contributed by atoms with E-state index >= 15 is 0 Å². The van der Waals surface area contributed by atoms with E-state index in [1.165, 1.54) is 46.9 Å². The molecule has 1 aliphatic heterocycles. The topological polar surface area (TPSA) is 79.8 Å². The van der Waals surface area contributed by atoms with E-state index in [1.54, 1.807) is 24.3 Å². The molecule has 33 heavy (non-hydrogen) atoms. The van der Waals surface area contributed by atoms with Gasteiger partial charge in [0.2, 0.25) is 10.0 Å². The van der Waals surface area contributed by atoms with Crippen molar-refractivity contribution in [2.75, 3.05) is 31.1 Å². The number of hydrogen-bond acceptors (Lipinski definition) is 6. The van der Waals surface area contributed by atoms with Crippen LogP contribution in [-0.4, -0.2) is 49.9 Å². The molecule has 1 aliphatic rings. The minimum absolute atomic E-state index is 0.00861. The summed E-state index contributed by atoms with van der Waals surface area (Å²) in [4.78, 5) is 18.4. The Bertz CT molecular complexity index is 1230. The summed E-state index contributed by atoms with van der Waals surface area (Å²) in [6.45, 7) is 1.49. The van der Waals surface area contributed by atoms with Crippen molar-refractivity contribution in [1.82, 2.24) is 9.29 Å². The minimum Gasteiger partial charge on any atom is -0.457 e. The summed E-state index contributed by atoms with van der Waals surface area (Å²) in [5.41, 5.74) is 1.65.